The second-order valence-corrected chi connectivity index (χ2v) is 3.80. The second kappa shape index (κ2) is 3.96. The van der Waals surface area contributed by atoms with Crippen LogP contribution in [-0.4, -0.2) is 36.3 Å². The van der Waals surface area contributed by atoms with E-state index in [1.165, 1.54) is 12.8 Å². The minimum Gasteiger partial charge on any atom is -0.326 e. The number of aromatic nitrogens is 2. The minimum absolute atomic E-state index is 0.562. The van der Waals surface area contributed by atoms with Crippen molar-refractivity contribution in [3.8, 4) is 0 Å². The number of hydrogen-bond donors (Lipinski definition) is 1. The Morgan fingerprint density at radius 3 is 3.07 bits per heavy atom. The molecule has 0 radical (unpaired) electrons. The monoisotopic (exact) mass is 196 g/mol. The molecule has 1 saturated heterocycles. The van der Waals surface area contributed by atoms with Crippen LogP contribution in [0.5, 0.6) is 0 Å². The molecule has 2 rings (SSSR count). The van der Waals surface area contributed by atoms with E-state index in [2.05, 4.69) is 15.5 Å². The van der Waals surface area contributed by atoms with Crippen molar-refractivity contribution in [3.63, 3.8) is 0 Å². The van der Waals surface area contributed by atoms with Crippen molar-refractivity contribution in [3.05, 3.63) is 5.82 Å². The Morgan fingerprint density at radius 2 is 2.50 bits per heavy atom. The van der Waals surface area contributed by atoms with Crippen LogP contribution in [-0.2, 0) is 0 Å². The number of anilines is 1. The predicted octanol–water partition coefficient (Wildman–Crippen LogP) is 0.566. The van der Waals surface area contributed by atoms with E-state index in [0.717, 1.165) is 13.1 Å². The molecular weight excluding hydrogens is 180 g/mol. The van der Waals surface area contributed by atoms with Gasteiger partial charge in [-0.3, -0.25) is 0 Å². The molecule has 1 N–H and O–H groups in total. The van der Waals surface area contributed by atoms with Crippen LogP contribution in [0.4, 0.5) is 6.01 Å². The molecule has 0 aromatic carbocycles. The Balaban J connectivity index is 1.91. The third kappa shape index (κ3) is 2.04. The zero-order chi connectivity index (χ0) is 9.97. The first kappa shape index (κ1) is 9.45. The van der Waals surface area contributed by atoms with Gasteiger partial charge >= 0.3 is 6.01 Å². The fourth-order valence-corrected chi connectivity index (χ4v) is 1.76. The minimum atomic E-state index is 0.562. The van der Waals surface area contributed by atoms with Crippen LogP contribution in [0.15, 0.2) is 4.52 Å². The van der Waals surface area contributed by atoms with E-state index in [1.54, 1.807) is 0 Å². The fourth-order valence-electron chi connectivity index (χ4n) is 1.76. The molecule has 0 bridgehead atoms. The molecule has 1 atom stereocenters. The lowest BCUT2D eigenvalue weighted by Crippen LogP contribution is -2.35. The molecule has 0 aliphatic carbocycles. The summed E-state index contributed by atoms with van der Waals surface area (Å²) in [6, 6.07) is 1.17. The quantitative estimate of drug-likeness (QED) is 0.765. The smallest absolute Gasteiger partial charge is 0.323 e. The first-order valence-electron chi connectivity index (χ1n) is 5.00. The van der Waals surface area contributed by atoms with Crippen LogP contribution >= 0.6 is 0 Å². The summed E-state index contributed by atoms with van der Waals surface area (Å²) in [5, 5.41) is 7.20. The van der Waals surface area contributed by atoms with Crippen molar-refractivity contribution in [1.29, 1.82) is 0 Å². The zero-order valence-corrected chi connectivity index (χ0v) is 8.66. The van der Waals surface area contributed by atoms with Gasteiger partial charge in [0, 0.05) is 19.6 Å². The van der Waals surface area contributed by atoms with Gasteiger partial charge in [-0.2, -0.15) is 4.98 Å². The summed E-state index contributed by atoms with van der Waals surface area (Å²) in [7, 11) is 1.98. The molecule has 0 spiro atoms. The molecule has 0 amide bonds. The molecule has 5 nitrogen and oxygen atoms in total. The zero-order valence-electron chi connectivity index (χ0n) is 8.66. The summed E-state index contributed by atoms with van der Waals surface area (Å²) in [6.45, 7) is 3.89. The second-order valence-electron chi connectivity index (χ2n) is 3.80. The molecule has 0 saturated carbocycles. The summed E-state index contributed by atoms with van der Waals surface area (Å²) in [5.74, 6) is 0.686. The Kier molecular flexibility index (Phi) is 2.67. The van der Waals surface area contributed by atoms with Gasteiger partial charge in [0.25, 0.3) is 0 Å². The molecule has 1 fully saturated rings. The van der Waals surface area contributed by atoms with Crippen LogP contribution in [0.3, 0.4) is 0 Å². The van der Waals surface area contributed by atoms with Gasteiger partial charge < -0.3 is 14.7 Å². The lowest BCUT2D eigenvalue weighted by Gasteiger charge is -2.18. The van der Waals surface area contributed by atoms with Gasteiger partial charge in [-0.15, -0.1) is 0 Å². The maximum atomic E-state index is 5.07. The van der Waals surface area contributed by atoms with E-state index in [-0.39, 0.29) is 0 Å². The Morgan fingerprint density at radius 1 is 1.64 bits per heavy atom. The number of nitrogens with one attached hydrogen (secondary N) is 1. The normalized spacial score (nSPS) is 21.4. The summed E-state index contributed by atoms with van der Waals surface area (Å²) in [4.78, 5) is 6.18. The average molecular weight is 196 g/mol. The molecule has 1 aliphatic rings. The van der Waals surface area contributed by atoms with Crippen molar-refractivity contribution in [2.24, 2.45) is 0 Å². The van der Waals surface area contributed by atoms with E-state index in [4.69, 9.17) is 4.52 Å². The topological polar surface area (TPSA) is 54.2 Å². The number of likely N-dealkylation sites (N-methyl/N-ethyl adjacent to an activating group) is 1. The summed E-state index contributed by atoms with van der Waals surface area (Å²) in [6.07, 6.45) is 2.50. The molecule has 1 aromatic heterocycles. The number of aryl methyl sites for hydroxylation is 1. The maximum absolute atomic E-state index is 5.07. The first-order chi connectivity index (χ1) is 6.75. The summed E-state index contributed by atoms with van der Waals surface area (Å²) in [5.41, 5.74) is 0. The molecule has 1 aliphatic heterocycles. The van der Waals surface area contributed by atoms with Gasteiger partial charge in [0.1, 0.15) is 0 Å². The highest BCUT2D eigenvalue weighted by Crippen LogP contribution is 2.12. The van der Waals surface area contributed by atoms with Gasteiger partial charge in [-0.25, -0.2) is 0 Å². The maximum Gasteiger partial charge on any atom is 0.323 e. The van der Waals surface area contributed by atoms with Gasteiger partial charge in [-0.1, -0.05) is 5.16 Å². The van der Waals surface area contributed by atoms with E-state index in [9.17, 15) is 0 Å². The highest BCUT2D eigenvalue weighted by molar-refractivity contribution is 5.23. The van der Waals surface area contributed by atoms with Crippen molar-refractivity contribution >= 4 is 6.01 Å². The van der Waals surface area contributed by atoms with E-state index in [1.807, 2.05) is 18.9 Å². The van der Waals surface area contributed by atoms with Crippen molar-refractivity contribution in [1.82, 2.24) is 15.5 Å². The van der Waals surface area contributed by atoms with Crippen molar-refractivity contribution < 1.29 is 4.52 Å². The molecule has 2 heterocycles. The SMILES string of the molecule is Cc1noc(N(C)CC2CCCN2)n1. The van der Waals surface area contributed by atoms with Crippen LogP contribution in [0, 0.1) is 6.92 Å². The summed E-state index contributed by atoms with van der Waals surface area (Å²) < 4.78 is 5.07. The molecule has 1 unspecified atom stereocenters. The standard InChI is InChI=1S/C9H16N4O/c1-7-11-9(14-12-7)13(2)6-8-4-3-5-10-8/h8,10H,3-6H2,1-2H3. The lowest BCUT2D eigenvalue weighted by atomic mass is 10.2. The molecule has 14 heavy (non-hydrogen) atoms. The van der Waals surface area contributed by atoms with Crippen LogP contribution in [0.25, 0.3) is 0 Å². The molecule has 1 aromatic rings. The third-order valence-corrected chi connectivity index (χ3v) is 2.50. The van der Waals surface area contributed by atoms with Crippen LogP contribution in [0.2, 0.25) is 0 Å². The van der Waals surface area contributed by atoms with Crippen LogP contribution < -0.4 is 10.2 Å². The van der Waals surface area contributed by atoms with Crippen molar-refractivity contribution in [2.75, 3.05) is 25.0 Å². The first-order valence-corrected chi connectivity index (χ1v) is 5.00. The highest BCUT2D eigenvalue weighted by atomic mass is 16.5. The Labute approximate surface area is 83.5 Å². The lowest BCUT2D eigenvalue weighted by molar-refractivity contribution is 0.408. The highest BCUT2D eigenvalue weighted by Gasteiger charge is 2.18. The average Bonchev–Trinajstić information content (AvgIpc) is 2.75. The van der Waals surface area contributed by atoms with Crippen LogP contribution in [0.1, 0.15) is 18.7 Å². The van der Waals surface area contributed by atoms with Crippen molar-refractivity contribution in [2.45, 2.75) is 25.8 Å². The van der Waals surface area contributed by atoms with E-state index in [0.29, 0.717) is 17.9 Å². The largest absolute Gasteiger partial charge is 0.326 e. The number of hydrogen-bond acceptors (Lipinski definition) is 5. The van der Waals surface area contributed by atoms with Gasteiger partial charge in [-0.05, 0) is 26.3 Å². The molecule has 5 heteroatoms. The van der Waals surface area contributed by atoms with Gasteiger partial charge in [0.05, 0.1) is 0 Å². The number of rotatable bonds is 3. The Hall–Kier alpha value is -1.10. The molecule has 78 valence electrons. The van der Waals surface area contributed by atoms with E-state index >= 15 is 0 Å². The van der Waals surface area contributed by atoms with E-state index < -0.39 is 0 Å². The number of nitrogens with zero attached hydrogens (tertiary/aromatic N) is 3. The molecular formula is C9H16N4O. The Bertz CT molecular complexity index is 293. The van der Waals surface area contributed by atoms with Gasteiger partial charge in [0.15, 0.2) is 5.82 Å². The van der Waals surface area contributed by atoms with Gasteiger partial charge in [0.2, 0.25) is 0 Å². The summed E-state index contributed by atoms with van der Waals surface area (Å²) >= 11 is 0. The predicted molar refractivity (Wildman–Crippen MR) is 53.3 cm³/mol. The fraction of sp³-hybridized carbons (Fsp3) is 0.778. The third-order valence-electron chi connectivity index (χ3n) is 2.50.